The van der Waals surface area contributed by atoms with Crippen molar-refractivity contribution in [3.63, 3.8) is 0 Å². The molecule has 0 amide bonds. The Morgan fingerprint density at radius 2 is 2.31 bits per heavy atom. The van der Waals surface area contributed by atoms with E-state index in [-0.39, 0.29) is 12.0 Å². The Morgan fingerprint density at radius 3 is 2.92 bits per heavy atom. The number of rotatable bonds is 3. The van der Waals surface area contributed by atoms with Crippen LogP contribution >= 0.6 is 0 Å². The summed E-state index contributed by atoms with van der Waals surface area (Å²) in [7, 11) is 0. The first-order valence-corrected chi connectivity index (χ1v) is 3.97. The monoisotopic (exact) mass is 183 g/mol. The first-order chi connectivity index (χ1) is 6.24. The Bertz CT molecular complexity index is 275. The molecule has 0 aromatic rings. The minimum atomic E-state index is -2.37. The van der Waals surface area contributed by atoms with Crippen LogP contribution < -0.4 is 5.32 Å². The van der Waals surface area contributed by atoms with Crippen molar-refractivity contribution in [2.24, 2.45) is 0 Å². The zero-order chi connectivity index (χ0) is 9.68. The molecule has 1 aliphatic carbocycles. The SMILES string of the molecule is C=CNC1=CCC(C(F)F)=CC=C1. The summed E-state index contributed by atoms with van der Waals surface area (Å²) >= 11 is 0. The van der Waals surface area contributed by atoms with Crippen LogP contribution in [0, 0.1) is 0 Å². The summed E-state index contributed by atoms with van der Waals surface area (Å²) in [5, 5.41) is 2.84. The molecular weight excluding hydrogens is 172 g/mol. The lowest BCUT2D eigenvalue weighted by Gasteiger charge is -2.01. The summed E-state index contributed by atoms with van der Waals surface area (Å²) in [5.74, 6) is 0. The maximum atomic E-state index is 12.2. The Balaban J connectivity index is 2.68. The molecule has 0 heterocycles. The molecule has 0 aromatic carbocycles. The summed E-state index contributed by atoms with van der Waals surface area (Å²) in [6.45, 7) is 3.49. The van der Waals surface area contributed by atoms with Gasteiger partial charge in [0, 0.05) is 5.70 Å². The van der Waals surface area contributed by atoms with Crippen molar-refractivity contribution >= 4 is 0 Å². The number of hydrogen-bond acceptors (Lipinski definition) is 1. The second kappa shape index (κ2) is 4.60. The molecule has 0 aliphatic heterocycles. The first kappa shape index (κ1) is 9.71. The molecule has 1 rings (SSSR count). The third kappa shape index (κ3) is 2.86. The van der Waals surface area contributed by atoms with E-state index >= 15 is 0 Å². The third-order valence-electron chi connectivity index (χ3n) is 1.69. The van der Waals surface area contributed by atoms with Crippen molar-refractivity contribution in [1.29, 1.82) is 0 Å². The number of hydrogen-bond donors (Lipinski definition) is 1. The van der Waals surface area contributed by atoms with Crippen molar-refractivity contribution in [1.82, 2.24) is 5.32 Å². The third-order valence-corrected chi connectivity index (χ3v) is 1.69. The van der Waals surface area contributed by atoms with Gasteiger partial charge in [0.2, 0.25) is 0 Å². The molecule has 0 saturated carbocycles. The first-order valence-electron chi connectivity index (χ1n) is 3.97. The Kier molecular flexibility index (Phi) is 3.43. The van der Waals surface area contributed by atoms with Gasteiger partial charge in [-0.05, 0) is 24.3 Å². The highest BCUT2D eigenvalue weighted by Gasteiger charge is 2.09. The fourth-order valence-corrected chi connectivity index (χ4v) is 1.03. The standard InChI is InChI=1S/C10H11F2N/c1-2-13-9-5-3-4-8(6-7-9)10(11)12/h2-5,7,10,13H,1,6H2. The molecule has 0 radical (unpaired) electrons. The topological polar surface area (TPSA) is 12.0 Å². The van der Waals surface area contributed by atoms with Crippen LogP contribution in [0.5, 0.6) is 0 Å². The smallest absolute Gasteiger partial charge is 0.260 e. The van der Waals surface area contributed by atoms with E-state index in [1.54, 1.807) is 18.2 Å². The van der Waals surface area contributed by atoms with Gasteiger partial charge in [0.25, 0.3) is 6.43 Å². The fourth-order valence-electron chi connectivity index (χ4n) is 1.03. The van der Waals surface area contributed by atoms with Crippen LogP contribution in [0.2, 0.25) is 0 Å². The maximum absolute atomic E-state index is 12.2. The van der Waals surface area contributed by atoms with Gasteiger partial charge >= 0.3 is 0 Å². The Morgan fingerprint density at radius 1 is 1.54 bits per heavy atom. The lowest BCUT2D eigenvalue weighted by molar-refractivity contribution is 0.187. The van der Waals surface area contributed by atoms with Gasteiger partial charge in [0.15, 0.2) is 0 Å². The van der Waals surface area contributed by atoms with Crippen molar-refractivity contribution < 1.29 is 8.78 Å². The highest BCUT2D eigenvalue weighted by molar-refractivity contribution is 5.30. The van der Waals surface area contributed by atoms with E-state index in [1.807, 2.05) is 0 Å². The lowest BCUT2D eigenvalue weighted by Crippen LogP contribution is -2.01. The molecule has 0 aromatic heterocycles. The average molecular weight is 183 g/mol. The molecular formula is C10H11F2N. The lowest BCUT2D eigenvalue weighted by atomic mass is 10.2. The van der Waals surface area contributed by atoms with Crippen LogP contribution in [0.3, 0.4) is 0 Å². The molecule has 0 saturated heterocycles. The molecule has 70 valence electrons. The molecule has 13 heavy (non-hydrogen) atoms. The van der Waals surface area contributed by atoms with Gasteiger partial charge in [-0.2, -0.15) is 0 Å². The molecule has 3 heteroatoms. The van der Waals surface area contributed by atoms with Crippen LogP contribution in [0.1, 0.15) is 6.42 Å². The molecule has 0 unspecified atom stereocenters. The van der Waals surface area contributed by atoms with Gasteiger partial charge in [-0.15, -0.1) is 0 Å². The molecule has 0 atom stereocenters. The summed E-state index contributed by atoms with van der Waals surface area (Å²) in [5.41, 5.74) is 0.930. The van der Waals surface area contributed by atoms with E-state index in [1.165, 1.54) is 12.3 Å². The highest BCUT2D eigenvalue weighted by atomic mass is 19.3. The van der Waals surface area contributed by atoms with Crippen LogP contribution in [-0.4, -0.2) is 6.43 Å². The summed E-state index contributed by atoms with van der Waals surface area (Å²) in [6, 6.07) is 0. The van der Waals surface area contributed by atoms with Gasteiger partial charge in [0.05, 0.1) is 0 Å². The van der Waals surface area contributed by atoms with Crippen LogP contribution in [0.4, 0.5) is 8.78 Å². The van der Waals surface area contributed by atoms with E-state index in [0.717, 1.165) is 5.70 Å². The Labute approximate surface area is 76.1 Å². The average Bonchev–Trinajstić information content (AvgIpc) is 2.30. The minimum absolute atomic E-state index is 0.136. The number of halogens is 2. The van der Waals surface area contributed by atoms with Crippen molar-refractivity contribution in [2.75, 3.05) is 0 Å². The fraction of sp³-hybridized carbons (Fsp3) is 0.200. The van der Waals surface area contributed by atoms with E-state index in [2.05, 4.69) is 11.9 Å². The van der Waals surface area contributed by atoms with E-state index < -0.39 is 6.43 Å². The van der Waals surface area contributed by atoms with E-state index in [4.69, 9.17) is 0 Å². The molecule has 1 nitrogen and oxygen atoms in total. The summed E-state index contributed by atoms with van der Waals surface area (Å²) in [4.78, 5) is 0. The number of nitrogens with one attached hydrogen (secondary N) is 1. The molecule has 0 bridgehead atoms. The van der Waals surface area contributed by atoms with Crippen LogP contribution in [0.15, 0.2) is 48.4 Å². The zero-order valence-corrected chi connectivity index (χ0v) is 7.13. The predicted octanol–water partition coefficient (Wildman–Crippen LogP) is 2.75. The molecule has 0 fully saturated rings. The summed E-state index contributed by atoms with van der Waals surface area (Å²) in [6.07, 6.45) is 5.92. The molecule has 1 aliphatic rings. The van der Waals surface area contributed by atoms with Gasteiger partial charge in [0.1, 0.15) is 0 Å². The van der Waals surface area contributed by atoms with Crippen molar-refractivity contribution in [3.8, 4) is 0 Å². The second-order valence-corrected chi connectivity index (χ2v) is 2.61. The van der Waals surface area contributed by atoms with Gasteiger partial charge in [-0.1, -0.05) is 24.8 Å². The van der Waals surface area contributed by atoms with Gasteiger partial charge < -0.3 is 5.32 Å². The second-order valence-electron chi connectivity index (χ2n) is 2.61. The quantitative estimate of drug-likeness (QED) is 0.709. The van der Waals surface area contributed by atoms with Crippen molar-refractivity contribution in [3.05, 3.63) is 48.4 Å². The zero-order valence-electron chi connectivity index (χ0n) is 7.13. The van der Waals surface area contributed by atoms with E-state index in [0.29, 0.717) is 0 Å². The van der Waals surface area contributed by atoms with Gasteiger partial charge in [-0.25, -0.2) is 8.78 Å². The predicted molar refractivity (Wildman–Crippen MR) is 49.3 cm³/mol. The van der Waals surface area contributed by atoms with Gasteiger partial charge in [-0.3, -0.25) is 0 Å². The van der Waals surface area contributed by atoms with Crippen LogP contribution in [0.25, 0.3) is 0 Å². The number of alkyl halides is 2. The maximum Gasteiger partial charge on any atom is 0.260 e. The Hall–Kier alpha value is -1.38. The van der Waals surface area contributed by atoms with Crippen molar-refractivity contribution in [2.45, 2.75) is 12.8 Å². The highest BCUT2D eigenvalue weighted by Crippen LogP contribution is 2.17. The molecule has 1 N–H and O–H groups in total. The minimum Gasteiger partial charge on any atom is -0.363 e. The summed E-state index contributed by atoms with van der Waals surface area (Å²) < 4.78 is 24.5. The normalized spacial score (nSPS) is 16.2. The molecule has 0 spiro atoms. The van der Waals surface area contributed by atoms with E-state index in [9.17, 15) is 8.78 Å². The van der Waals surface area contributed by atoms with Crippen LogP contribution in [-0.2, 0) is 0 Å². The number of allylic oxidation sites excluding steroid dienone is 5. The largest absolute Gasteiger partial charge is 0.363 e.